The average Bonchev–Trinajstić information content (AvgIpc) is 2.57. The molecule has 4 nitrogen and oxygen atoms in total. The summed E-state index contributed by atoms with van der Waals surface area (Å²) in [5, 5.41) is 15.6. The van der Waals surface area contributed by atoms with Crippen molar-refractivity contribution in [3.8, 4) is 5.75 Å². The summed E-state index contributed by atoms with van der Waals surface area (Å²) in [5.74, 6) is 0.0381. The highest BCUT2D eigenvalue weighted by molar-refractivity contribution is 5.79. The van der Waals surface area contributed by atoms with Gasteiger partial charge in [0.2, 0.25) is 0 Å². The molecule has 0 fully saturated rings. The van der Waals surface area contributed by atoms with E-state index in [0.717, 1.165) is 12.1 Å². The van der Waals surface area contributed by atoms with Crippen LogP contribution in [0.2, 0.25) is 0 Å². The van der Waals surface area contributed by atoms with Gasteiger partial charge in [-0.1, -0.05) is 42.8 Å². The first-order valence-electron chi connectivity index (χ1n) is 7.98. The highest BCUT2D eigenvalue weighted by atomic mass is 19.1. The standard InChI is InChI=1S/C19H24FN3O/c1-13-5-4-6-16(9-13)14(2)11-22-19(21-3)23-12-15-7-8-18(24)17(20)10-15/h4-10,14,24H,11-12H2,1-3H3,(H2,21,22,23). The number of guanidine groups is 1. The molecule has 3 N–H and O–H groups in total. The maximum Gasteiger partial charge on any atom is 0.191 e. The fourth-order valence-corrected chi connectivity index (χ4v) is 2.41. The number of aryl methyl sites for hydroxylation is 1. The van der Waals surface area contributed by atoms with Gasteiger partial charge in [-0.05, 0) is 36.1 Å². The van der Waals surface area contributed by atoms with Gasteiger partial charge in [0.1, 0.15) is 0 Å². The monoisotopic (exact) mass is 329 g/mol. The molecule has 0 spiro atoms. The van der Waals surface area contributed by atoms with Crippen LogP contribution in [0.5, 0.6) is 5.75 Å². The fraction of sp³-hybridized carbons (Fsp3) is 0.316. The van der Waals surface area contributed by atoms with Crippen molar-refractivity contribution in [1.82, 2.24) is 10.6 Å². The summed E-state index contributed by atoms with van der Waals surface area (Å²) in [6.07, 6.45) is 0. The lowest BCUT2D eigenvalue weighted by atomic mass is 9.99. The van der Waals surface area contributed by atoms with Crippen LogP contribution >= 0.6 is 0 Å². The topological polar surface area (TPSA) is 56.7 Å². The van der Waals surface area contributed by atoms with Gasteiger partial charge >= 0.3 is 0 Å². The summed E-state index contributed by atoms with van der Waals surface area (Å²) < 4.78 is 13.3. The molecule has 0 amide bonds. The molecule has 0 aliphatic rings. The molecule has 0 bridgehead atoms. The predicted molar refractivity (Wildman–Crippen MR) is 95.9 cm³/mol. The lowest BCUT2D eigenvalue weighted by Gasteiger charge is -2.17. The molecule has 0 aliphatic carbocycles. The van der Waals surface area contributed by atoms with Crippen LogP contribution in [0.4, 0.5) is 4.39 Å². The van der Waals surface area contributed by atoms with Crippen LogP contribution < -0.4 is 10.6 Å². The zero-order valence-electron chi connectivity index (χ0n) is 14.3. The number of rotatable bonds is 5. The first kappa shape index (κ1) is 17.8. The molecule has 0 radical (unpaired) electrons. The molecule has 5 heteroatoms. The van der Waals surface area contributed by atoms with Crippen molar-refractivity contribution in [2.45, 2.75) is 26.3 Å². The van der Waals surface area contributed by atoms with E-state index in [-0.39, 0.29) is 5.75 Å². The van der Waals surface area contributed by atoms with Crippen LogP contribution in [0.25, 0.3) is 0 Å². The third-order valence-corrected chi connectivity index (χ3v) is 3.88. The van der Waals surface area contributed by atoms with Crippen molar-refractivity contribution < 1.29 is 9.50 Å². The molecule has 2 aromatic rings. The van der Waals surface area contributed by atoms with E-state index in [0.29, 0.717) is 18.4 Å². The van der Waals surface area contributed by atoms with Crippen molar-refractivity contribution >= 4 is 5.96 Å². The van der Waals surface area contributed by atoms with Crippen molar-refractivity contribution in [3.63, 3.8) is 0 Å². The van der Waals surface area contributed by atoms with Crippen molar-refractivity contribution in [2.75, 3.05) is 13.6 Å². The van der Waals surface area contributed by atoms with Gasteiger partial charge in [-0.2, -0.15) is 0 Å². The highest BCUT2D eigenvalue weighted by Crippen LogP contribution is 2.16. The first-order chi connectivity index (χ1) is 11.5. The Morgan fingerprint density at radius 1 is 1.21 bits per heavy atom. The number of aromatic hydroxyl groups is 1. The zero-order chi connectivity index (χ0) is 17.5. The Morgan fingerprint density at radius 2 is 2.00 bits per heavy atom. The van der Waals surface area contributed by atoms with Crippen LogP contribution in [0, 0.1) is 12.7 Å². The normalized spacial score (nSPS) is 12.8. The Bertz CT molecular complexity index is 716. The lowest BCUT2D eigenvalue weighted by Crippen LogP contribution is -2.38. The quantitative estimate of drug-likeness (QED) is 0.583. The Balaban J connectivity index is 1.87. The molecule has 0 saturated carbocycles. The summed E-state index contributed by atoms with van der Waals surface area (Å²) in [5.41, 5.74) is 3.26. The van der Waals surface area contributed by atoms with Gasteiger partial charge in [0.15, 0.2) is 17.5 Å². The fourth-order valence-electron chi connectivity index (χ4n) is 2.41. The third-order valence-electron chi connectivity index (χ3n) is 3.88. The van der Waals surface area contributed by atoms with Crippen LogP contribution in [-0.2, 0) is 6.54 Å². The highest BCUT2D eigenvalue weighted by Gasteiger charge is 2.07. The van der Waals surface area contributed by atoms with Gasteiger partial charge in [0.05, 0.1) is 0 Å². The Hall–Kier alpha value is -2.56. The van der Waals surface area contributed by atoms with Crippen molar-refractivity contribution in [1.29, 1.82) is 0 Å². The molecule has 0 aliphatic heterocycles. The maximum atomic E-state index is 13.3. The van der Waals surface area contributed by atoms with Gasteiger partial charge in [0.25, 0.3) is 0 Å². The Morgan fingerprint density at radius 3 is 2.67 bits per heavy atom. The molecule has 0 saturated heterocycles. The molecule has 2 aromatic carbocycles. The summed E-state index contributed by atoms with van der Waals surface area (Å²) in [7, 11) is 1.70. The van der Waals surface area contributed by atoms with E-state index < -0.39 is 5.82 Å². The first-order valence-corrected chi connectivity index (χ1v) is 7.98. The third kappa shape index (κ3) is 4.98. The largest absolute Gasteiger partial charge is 0.505 e. The molecule has 128 valence electrons. The second-order valence-electron chi connectivity index (χ2n) is 5.91. The maximum absolute atomic E-state index is 13.3. The SMILES string of the molecule is CN=C(NCc1ccc(O)c(F)c1)NCC(C)c1cccc(C)c1. The van der Waals surface area contributed by atoms with E-state index >= 15 is 0 Å². The molecular weight excluding hydrogens is 305 g/mol. The van der Waals surface area contributed by atoms with E-state index in [1.807, 2.05) is 0 Å². The van der Waals surface area contributed by atoms with E-state index in [1.54, 1.807) is 13.1 Å². The van der Waals surface area contributed by atoms with Gasteiger partial charge in [-0.25, -0.2) is 4.39 Å². The number of phenolic OH excluding ortho intramolecular Hbond substituents is 1. The predicted octanol–water partition coefficient (Wildman–Crippen LogP) is 3.31. The molecule has 24 heavy (non-hydrogen) atoms. The summed E-state index contributed by atoms with van der Waals surface area (Å²) in [6.45, 7) is 5.41. The van der Waals surface area contributed by atoms with Gasteiger partial charge in [-0.15, -0.1) is 0 Å². The number of hydrogen-bond acceptors (Lipinski definition) is 2. The molecule has 1 unspecified atom stereocenters. The number of benzene rings is 2. The number of phenols is 1. The van der Waals surface area contributed by atoms with Crippen LogP contribution in [0.15, 0.2) is 47.5 Å². The van der Waals surface area contributed by atoms with E-state index in [4.69, 9.17) is 0 Å². The summed E-state index contributed by atoms with van der Waals surface area (Å²) >= 11 is 0. The molecule has 0 heterocycles. The Labute approximate surface area is 142 Å². The molecule has 2 rings (SSSR count). The van der Waals surface area contributed by atoms with E-state index in [9.17, 15) is 9.50 Å². The smallest absolute Gasteiger partial charge is 0.191 e. The Kier molecular flexibility index (Phi) is 6.18. The second kappa shape index (κ2) is 8.34. The minimum Gasteiger partial charge on any atom is -0.505 e. The zero-order valence-corrected chi connectivity index (χ0v) is 14.3. The summed E-state index contributed by atoms with van der Waals surface area (Å²) in [4.78, 5) is 4.18. The van der Waals surface area contributed by atoms with E-state index in [1.165, 1.54) is 23.3 Å². The number of nitrogens with zero attached hydrogens (tertiary/aromatic N) is 1. The lowest BCUT2D eigenvalue weighted by molar-refractivity contribution is 0.431. The number of hydrogen-bond donors (Lipinski definition) is 3. The minimum absolute atomic E-state index is 0.340. The molecule has 1 atom stereocenters. The van der Waals surface area contributed by atoms with Crippen LogP contribution in [-0.4, -0.2) is 24.7 Å². The number of nitrogens with one attached hydrogen (secondary N) is 2. The second-order valence-corrected chi connectivity index (χ2v) is 5.91. The van der Waals surface area contributed by atoms with Crippen LogP contribution in [0.3, 0.4) is 0 Å². The van der Waals surface area contributed by atoms with E-state index in [2.05, 4.69) is 53.7 Å². The number of halogens is 1. The summed E-state index contributed by atoms with van der Waals surface area (Å²) in [6, 6.07) is 12.8. The van der Waals surface area contributed by atoms with Gasteiger partial charge < -0.3 is 15.7 Å². The van der Waals surface area contributed by atoms with Crippen molar-refractivity contribution in [3.05, 3.63) is 65.0 Å². The van der Waals surface area contributed by atoms with Crippen LogP contribution in [0.1, 0.15) is 29.5 Å². The van der Waals surface area contributed by atoms with Gasteiger partial charge in [0, 0.05) is 20.1 Å². The molecule has 0 aromatic heterocycles. The van der Waals surface area contributed by atoms with Crippen molar-refractivity contribution in [2.24, 2.45) is 4.99 Å². The molecular formula is C19H24FN3O. The minimum atomic E-state index is -0.620. The van der Waals surface area contributed by atoms with Gasteiger partial charge in [-0.3, -0.25) is 4.99 Å². The number of aliphatic imine (C=N–C) groups is 1. The average molecular weight is 329 g/mol.